The van der Waals surface area contributed by atoms with Crippen LogP contribution in [0, 0.1) is 0 Å². The van der Waals surface area contributed by atoms with Gasteiger partial charge in [0.05, 0.1) is 6.61 Å². The summed E-state index contributed by atoms with van der Waals surface area (Å²) in [5, 5.41) is 6.33. The van der Waals surface area contributed by atoms with E-state index in [1.54, 1.807) is 4.57 Å². The van der Waals surface area contributed by atoms with E-state index in [0.29, 0.717) is 25.6 Å². The van der Waals surface area contributed by atoms with E-state index in [1.165, 1.54) is 0 Å². The minimum Gasteiger partial charge on any atom is -0.369 e. The van der Waals surface area contributed by atoms with Gasteiger partial charge in [-0.15, -0.1) is 0 Å². The summed E-state index contributed by atoms with van der Waals surface area (Å²) in [7, 11) is 0. The third-order valence-electron chi connectivity index (χ3n) is 2.50. The lowest BCUT2D eigenvalue weighted by Gasteiger charge is -2.04. The molecule has 0 aliphatic heterocycles. The van der Waals surface area contributed by atoms with Crippen LogP contribution in [0.15, 0.2) is 35.1 Å². The van der Waals surface area contributed by atoms with Crippen LogP contribution in [-0.2, 0) is 24.5 Å². The molecule has 1 heterocycles. The van der Waals surface area contributed by atoms with Crippen LogP contribution in [0.2, 0.25) is 0 Å². The molecule has 1 aromatic heterocycles. The van der Waals surface area contributed by atoms with Crippen LogP contribution >= 0.6 is 0 Å². The van der Waals surface area contributed by atoms with E-state index in [2.05, 4.69) is 10.2 Å². The summed E-state index contributed by atoms with van der Waals surface area (Å²) >= 11 is 0. The average molecular weight is 233 g/mol. The highest BCUT2D eigenvalue weighted by Gasteiger charge is 2.05. The maximum Gasteiger partial charge on any atom is 0.343 e. The van der Waals surface area contributed by atoms with E-state index in [9.17, 15) is 4.79 Å². The first-order chi connectivity index (χ1) is 8.31. The molecule has 17 heavy (non-hydrogen) atoms. The first-order valence-corrected chi connectivity index (χ1v) is 5.57. The maximum absolute atomic E-state index is 11.3. The van der Waals surface area contributed by atoms with E-state index in [1.807, 2.05) is 37.3 Å². The second-order valence-electron chi connectivity index (χ2n) is 3.67. The van der Waals surface area contributed by atoms with Crippen LogP contribution in [0.3, 0.4) is 0 Å². The second-order valence-corrected chi connectivity index (χ2v) is 3.67. The van der Waals surface area contributed by atoms with E-state index in [0.717, 1.165) is 5.56 Å². The highest BCUT2D eigenvalue weighted by Crippen LogP contribution is 2.02. The molecule has 5 heteroatoms. The van der Waals surface area contributed by atoms with Gasteiger partial charge in [0, 0.05) is 6.54 Å². The monoisotopic (exact) mass is 233 g/mol. The quantitative estimate of drug-likeness (QED) is 0.847. The van der Waals surface area contributed by atoms with Crippen molar-refractivity contribution < 1.29 is 4.74 Å². The van der Waals surface area contributed by atoms with Crippen LogP contribution < -0.4 is 5.69 Å². The van der Waals surface area contributed by atoms with Crippen molar-refractivity contribution in [3.8, 4) is 0 Å². The zero-order valence-electron chi connectivity index (χ0n) is 9.72. The molecule has 90 valence electrons. The molecule has 0 fully saturated rings. The number of benzene rings is 1. The number of ether oxygens (including phenoxy) is 1. The summed E-state index contributed by atoms with van der Waals surface area (Å²) in [6, 6.07) is 9.89. The van der Waals surface area contributed by atoms with Gasteiger partial charge in [-0.1, -0.05) is 30.3 Å². The van der Waals surface area contributed by atoms with Crippen molar-refractivity contribution in [2.75, 3.05) is 0 Å². The van der Waals surface area contributed by atoms with Gasteiger partial charge in [-0.05, 0) is 12.5 Å². The highest BCUT2D eigenvalue weighted by atomic mass is 16.5. The number of aromatic amines is 1. The van der Waals surface area contributed by atoms with Crippen molar-refractivity contribution in [2.45, 2.75) is 26.7 Å². The molecule has 0 saturated carbocycles. The summed E-state index contributed by atoms with van der Waals surface area (Å²) in [6.45, 7) is 3.35. The van der Waals surface area contributed by atoms with Gasteiger partial charge in [0.25, 0.3) is 0 Å². The van der Waals surface area contributed by atoms with Gasteiger partial charge >= 0.3 is 5.69 Å². The second kappa shape index (κ2) is 5.45. The molecule has 2 aromatic rings. The van der Waals surface area contributed by atoms with Crippen LogP contribution in [0.5, 0.6) is 0 Å². The Hall–Kier alpha value is -1.88. The first kappa shape index (κ1) is 11.6. The Kier molecular flexibility index (Phi) is 3.72. The molecular weight excluding hydrogens is 218 g/mol. The summed E-state index contributed by atoms with van der Waals surface area (Å²) in [4.78, 5) is 11.3. The number of nitrogens with zero attached hydrogens (tertiary/aromatic N) is 2. The van der Waals surface area contributed by atoms with Crippen LogP contribution in [-0.4, -0.2) is 14.8 Å². The summed E-state index contributed by atoms with van der Waals surface area (Å²) in [6.07, 6.45) is 0. The zero-order chi connectivity index (χ0) is 12.1. The molecule has 0 atom stereocenters. The van der Waals surface area contributed by atoms with Crippen LogP contribution in [0.25, 0.3) is 0 Å². The normalized spacial score (nSPS) is 10.6. The molecule has 0 saturated heterocycles. The number of H-pyrrole nitrogens is 1. The van der Waals surface area contributed by atoms with Crippen LogP contribution in [0.4, 0.5) is 0 Å². The fourth-order valence-electron chi connectivity index (χ4n) is 1.62. The number of nitrogens with one attached hydrogen (secondary N) is 1. The summed E-state index contributed by atoms with van der Waals surface area (Å²) in [5.74, 6) is 0.633. The summed E-state index contributed by atoms with van der Waals surface area (Å²) < 4.78 is 7.08. The Bertz CT molecular complexity index is 516. The molecule has 0 bridgehead atoms. The Morgan fingerprint density at radius 1 is 1.29 bits per heavy atom. The van der Waals surface area contributed by atoms with Crippen molar-refractivity contribution in [3.63, 3.8) is 0 Å². The fourth-order valence-corrected chi connectivity index (χ4v) is 1.62. The van der Waals surface area contributed by atoms with Crippen molar-refractivity contribution in [2.24, 2.45) is 0 Å². The molecule has 0 aliphatic carbocycles. The molecule has 1 N–H and O–H groups in total. The molecule has 1 aromatic carbocycles. The average Bonchev–Trinajstić information content (AvgIpc) is 2.71. The van der Waals surface area contributed by atoms with Crippen molar-refractivity contribution >= 4 is 0 Å². The molecule has 0 aliphatic rings. The SMILES string of the molecule is CCn1c(COCc2ccccc2)n[nH]c1=O. The predicted molar refractivity (Wildman–Crippen MR) is 63.5 cm³/mol. The third kappa shape index (κ3) is 2.82. The lowest BCUT2D eigenvalue weighted by molar-refractivity contribution is 0.0990. The van der Waals surface area contributed by atoms with E-state index >= 15 is 0 Å². The van der Waals surface area contributed by atoms with Crippen LogP contribution in [0.1, 0.15) is 18.3 Å². The Morgan fingerprint density at radius 2 is 2.06 bits per heavy atom. The smallest absolute Gasteiger partial charge is 0.343 e. The summed E-state index contributed by atoms with van der Waals surface area (Å²) in [5.41, 5.74) is 0.916. The number of hydrogen-bond donors (Lipinski definition) is 1. The van der Waals surface area contributed by atoms with Crippen molar-refractivity contribution in [3.05, 3.63) is 52.2 Å². The fraction of sp³-hybridized carbons (Fsp3) is 0.333. The molecule has 0 radical (unpaired) electrons. The van der Waals surface area contributed by atoms with E-state index in [-0.39, 0.29) is 5.69 Å². The maximum atomic E-state index is 11.3. The Labute approximate surface area is 99.1 Å². The predicted octanol–water partition coefficient (Wildman–Crippen LogP) is 1.31. The van der Waals surface area contributed by atoms with Crippen molar-refractivity contribution in [1.29, 1.82) is 0 Å². The number of rotatable bonds is 5. The minimum atomic E-state index is -0.189. The van der Waals surface area contributed by atoms with Gasteiger partial charge in [-0.2, -0.15) is 5.10 Å². The molecule has 2 rings (SSSR count). The van der Waals surface area contributed by atoms with Crippen molar-refractivity contribution in [1.82, 2.24) is 14.8 Å². The Balaban J connectivity index is 1.92. The molecule has 5 nitrogen and oxygen atoms in total. The van der Waals surface area contributed by atoms with Gasteiger partial charge in [0.2, 0.25) is 0 Å². The lowest BCUT2D eigenvalue weighted by Crippen LogP contribution is -2.18. The van der Waals surface area contributed by atoms with Gasteiger partial charge in [0.15, 0.2) is 5.82 Å². The molecule has 0 amide bonds. The standard InChI is InChI=1S/C12H15N3O2/c1-2-15-11(13-14-12(15)16)9-17-8-10-6-4-3-5-7-10/h3-7H,2,8-9H2,1H3,(H,14,16). The molecular formula is C12H15N3O2. The number of aromatic nitrogens is 3. The van der Waals surface area contributed by atoms with Gasteiger partial charge < -0.3 is 4.74 Å². The highest BCUT2D eigenvalue weighted by molar-refractivity contribution is 5.13. The largest absolute Gasteiger partial charge is 0.369 e. The van der Waals surface area contributed by atoms with E-state index in [4.69, 9.17) is 4.74 Å². The zero-order valence-corrected chi connectivity index (χ0v) is 9.72. The molecule has 0 unspecified atom stereocenters. The minimum absolute atomic E-state index is 0.189. The van der Waals surface area contributed by atoms with Gasteiger partial charge in [-0.3, -0.25) is 4.57 Å². The van der Waals surface area contributed by atoms with Gasteiger partial charge in [0.1, 0.15) is 6.61 Å². The third-order valence-corrected chi connectivity index (χ3v) is 2.50. The van der Waals surface area contributed by atoms with E-state index < -0.39 is 0 Å². The molecule has 0 spiro atoms. The Morgan fingerprint density at radius 3 is 2.76 bits per heavy atom. The topological polar surface area (TPSA) is 59.9 Å². The number of hydrogen-bond acceptors (Lipinski definition) is 3. The van der Waals surface area contributed by atoms with Gasteiger partial charge in [-0.25, -0.2) is 9.89 Å². The first-order valence-electron chi connectivity index (χ1n) is 5.57. The lowest BCUT2D eigenvalue weighted by atomic mass is 10.2.